The number of rotatable bonds is 4. The van der Waals surface area contributed by atoms with Gasteiger partial charge in [0, 0.05) is 6.26 Å². The molecule has 0 saturated heterocycles. The summed E-state index contributed by atoms with van der Waals surface area (Å²) in [6.45, 7) is 0. The average molecular weight is 305 g/mol. The van der Waals surface area contributed by atoms with Gasteiger partial charge in [0.25, 0.3) is 0 Å². The average Bonchev–Trinajstić information content (AvgIpc) is 3.07. The van der Waals surface area contributed by atoms with Crippen molar-refractivity contribution in [1.29, 1.82) is 0 Å². The van der Waals surface area contributed by atoms with Crippen LogP contribution in [0.25, 0.3) is 0 Å². The molecule has 1 fully saturated rings. The summed E-state index contributed by atoms with van der Waals surface area (Å²) >= 11 is 6.00. The zero-order valence-corrected chi connectivity index (χ0v) is 12.0. The van der Waals surface area contributed by atoms with Crippen LogP contribution in [0, 0.1) is 0 Å². The second-order valence-corrected chi connectivity index (χ2v) is 7.04. The number of ether oxygens (including phenoxy) is 1. The Morgan fingerprint density at radius 2 is 2.00 bits per heavy atom. The summed E-state index contributed by atoms with van der Waals surface area (Å²) in [7, 11) is -2.23. The highest BCUT2D eigenvalue weighted by atomic mass is 35.5. The normalized spacial score (nSPS) is 17.0. The Morgan fingerprint density at radius 3 is 2.37 bits per heavy atom. The van der Waals surface area contributed by atoms with Crippen molar-refractivity contribution in [2.24, 2.45) is 0 Å². The van der Waals surface area contributed by atoms with Crippen molar-refractivity contribution in [3.63, 3.8) is 0 Å². The molecule has 1 aliphatic rings. The molecule has 0 heterocycles. The van der Waals surface area contributed by atoms with Crippen molar-refractivity contribution < 1.29 is 23.1 Å². The minimum Gasteiger partial charge on any atom is -0.494 e. The Morgan fingerprint density at radius 1 is 1.42 bits per heavy atom. The minimum atomic E-state index is -3.55. The zero-order valence-electron chi connectivity index (χ0n) is 10.4. The smallest absolute Gasteiger partial charge is 0.314 e. The third-order valence-corrected chi connectivity index (χ3v) is 4.71. The molecule has 1 aromatic rings. The van der Waals surface area contributed by atoms with E-state index in [0.29, 0.717) is 18.4 Å². The molecule has 1 aliphatic carbocycles. The maximum absolute atomic E-state index is 11.7. The van der Waals surface area contributed by atoms with Gasteiger partial charge in [0.2, 0.25) is 0 Å². The molecule has 0 aromatic heterocycles. The Hall–Kier alpha value is -1.27. The molecule has 0 atom stereocenters. The second kappa shape index (κ2) is 4.38. The topological polar surface area (TPSA) is 80.7 Å². The Bertz CT molecular complexity index is 646. The van der Waals surface area contributed by atoms with E-state index in [1.54, 1.807) is 0 Å². The molecule has 19 heavy (non-hydrogen) atoms. The number of benzene rings is 1. The number of carboxylic acids is 1. The van der Waals surface area contributed by atoms with Gasteiger partial charge < -0.3 is 9.84 Å². The summed E-state index contributed by atoms with van der Waals surface area (Å²) in [6, 6.07) is 2.82. The summed E-state index contributed by atoms with van der Waals surface area (Å²) < 4.78 is 28.5. The fraction of sp³-hybridized carbons (Fsp3) is 0.417. The Labute approximate surface area is 116 Å². The maximum atomic E-state index is 11.7. The molecule has 5 nitrogen and oxygen atoms in total. The molecule has 1 saturated carbocycles. The number of hydrogen-bond donors (Lipinski definition) is 1. The van der Waals surface area contributed by atoms with Crippen LogP contribution in [-0.2, 0) is 20.0 Å². The number of methoxy groups -OCH3 is 1. The molecule has 0 bridgehead atoms. The summed E-state index contributed by atoms with van der Waals surface area (Å²) in [5.41, 5.74) is -0.596. The first-order valence-electron chi connectivity index (χ1n) is 5.54. The second-order valence-electron chi connectivity index (χ2n) is 4.65. The van der Waals surface area contributed by atoms with Gasteiger partial charge in [-0.1, -0.05) is 11.6 Å². The van der Waals surface area contributed by atoms with E-state index in [4.69, 9.17) is 16.3 Å². The highest BCUT2D eigenvalue weighted by Gasteiger charge is 2.52. The van der Waals surface area contributed by atoms with Crippen LogP contribution < -0.4 is 4.74 Å². The largest absolute Gasteiger partial charge is 0.494 e. The lowest BCUT2D eigenvalue weighted by molar-refractivity contribution is -0.140. The molecule has 0 aliphatic heterocycles. The summed E-state index contributed by atoms with van der Waals surface area (Å²) in [4.78, 5) is 11.2. The first kappa shape index (κ1) is 14.1. The van der Waals surface area contributed by atoms with Gasteiger partial charge in [-0.25, -0.2) is 8.42 Å². The van der Waals surface area contributed by atoms with Crippen LogP contribution in [0.15, 0.2) is 17.0 Å². The number of sulfone groups is 1. The number of halogens is 1. The van der Waals surface area contributed by atoms with Gasteiger partial charge in [-0.15, -0.1) is 0 Å². The zero-order chi connectivity index (χ0) is 14.4. The van der Waals surface area contributed by atoms with E-state index < -0.39 is 21.2 Å². The summed E-state index contributed by atoms with van der Waals surface area (Å²) in [5.74, 6) is -0.915. The van der Waals surface area contributed by atoms with Gasteiger partial charge in [0.1, 0.15) is 4.90 Å². The fourth-order valence-corrected chi connectivity index (χ4v) is 3.29. The summed E-state index contributed by atoms with van der Waals surface area (Å²) in [6.07, 6.45) is 1.99. The third-order valence-electron chi connectivity index (χ3n) is 3.33. The van der Waals surface area contributed by atoms with E-state index >= 15 is 0 Å². The van der Waals surface area contributed by atoms with Crippen LogP contribution >= 0.6 is 11.6 Å². The predicted molar refractivity (Wildman–Crippen MR) is 69.7 cm³/mol. The standard InChI is InChI=1S/C12H13ClO5S/c1-18-10-8(13)5-7(6-9(10)19(2,16)17)12(3-4-12)11(14)15/h5-6H,3-4H2,1-2H3,(H,14,15). The van der Waals surface area contributed by atoms with Gasteiger partial charge in [-0.05, 0) is 30.5 Å². The minimum absolute atomic E-state index is 0.0501. The van der Waals surface area contributed by atoms with Crippen molar-refractivity contribution in [2.45, 2.75) is 23.2 Å². The molecule has 0 radical (unpaired) electrons. The van der Waals surface area contributed by atoms with Gasteiger partial charge >= 0.3 is 5.97 Å². The van der Waals surface area contributed by atoms with Gasteiger partial charge in [0.05, 0.1) is 17.5 Å². The SMILES string of the molecule is COc1c(Cl)cc(C2(C(=O)O)CC2)cc1S(C)(=O)=O. The highest BCUT2D eigenvalue weighted by molar-refractivity contribution is 7.90. The molecular formula is C12H13ClO5S. The van der Waals surface area contributed by atoms with Crippen LogP contribution in [0.2, 0.25) is 5.02 Å². The molecular weight excluding hydrogens is 292 g/mol. The van der Waals surface area contributed by atoms with E-state index in [-0.39, 0.29) is 15.7 Å². The van der Waals surface area contributed by atoms with E-state index in [1.807, 2.05) is 0 Å². The number of carboxylic acid groups (broad SMARTS) is 1. The highest BCUT2D eigenvalue weighted by Crippen LogP contribution is 2.50. The van der Waals surface area contributed by atoms with Gasteiger partial charge in [0.15, 0.2) is 15.6 Å². The predicted octanol–water partition coefficient (Wildman–Crippen LogP) is 1.87. The van der Waals surface area contributed by atoms with Crippen molar-refractivity contribution in [3.8, 4) is 5.75 Å². The van der Waals surface area contributed by atoms with Crippen molar-refractivity contribution in [1.82, 2.24) is 0 Å². The van der Waals surface area contributed by atoms with Crippen LogP contribution in [0.5, 0.6) is 5.75 Å². The Balaban J connectivity index is 2.68. The maximum Gasteiger partial charge on any atom is 0.314 e. The number of aliphatic carboxylic acids is 1. The van der Waals surface area contributed by atoms with E-state index in [0.717, 1.165) is 6.26 Å². The molecule has 7 heteroatoms. The van der Waals surface area contributed by atoms with Crippen LogP contribution in [0.3, 0.4) is 0 Å². The molecule has 1 aromatic carbocycles. The van der Waals surface area contributed by atoms with Gasteiger partial charge in [-0.2, -0.15) is 0 Å². The lowest BCUT2D eigenvalue weighted by Gasteiger charge is -2.15. The molecule has 0 spiro atoms. The van der Waals surface area contributed by atoms with Crippen LogP contribution in [0.4, 0.5) is 0 Å². The molecule has 0 amide bonds. The molecule has 0 unspecified atom stereocenters. The van der Waals surface area contributed by atoms with E-state index in [9.17, 15) is 18.3 Å². The number of carbonyl (C=O) groups is 1. The fourth-order valence-electron chi connectivity index (χ4n) is 2.07. The van der Waals surface area contributed by atoms with Crippen molar-refractivity contribution in [2.75, 3.05) is 13.4 Å². The first-order chi connectivity index (χ1) is 8.72. The van der Waals surface area contributed by atoms with E-state index in [1.165, 1.54) is 19.2 Å². The molecule has 2 rings (SSSR count). The first-order valence-corrected chi connectivity index (χ1v) is 7.81. The third kappa shape index (κ3) is 2.30. The van der Waals surface area contributed by atoms with Gasteiger partial charge in [-0.3, -0.25) is 4.79 Å². The van der Waals surface area contributed by atoms with Crippen LogP contribution in [-0.4, -0.2) is 32.9 Å². The molecule has 1 N–H and O–H groups in total. The van der Waals surface area contributed by atoms with Crippen molar-refractivity contribution >= 4 is 27.4 Å². The lowest BCUT2D eigenvalue weighted by Crippen LogP contribution is -2.20. The van der Waals surface area contributed by atoms with Crippen LogP contribution in [0.1, 0.15) is 18.4 Å². The lowest BCUT2D eigenvalue weighted by atomic mass is 9.96. The van der Waals surface area contributed by atoms with Crippen molar-refractivity contribution in [3.05, 3.63) is 22.7 Å². The monoisotopic (exact) mass is 304 g/mol. The quantitative estimate of drug-likeness (QED) is 0.918. The summed E-state index contributed by atoms with van der Waals surface area (Å²) in [5, 5.41) is 9.35. The molecule has 104 valence electrons. The Kier molecular flexibility index (Phi) is 3.26. The number of hydrogen-bond acceptors (Lipinski definition) is 4. The van der Waals surface area contributed by atoms with E-state index in [2.05, 4.69) is 0 Å².